The molecule has 2 unspecified atom stereocenters. The Labute approximate surface area is 129 Å². The average molecular weight is 292 g/mol. The smallest absolute Gasteiger partial charge is 0.220 e. The van der Waals surface area contributed by atoms with Crippen molar-refractivity contribution < 1.29 is 4.79 Å². The molecule has 3 fully saturated rings. The first-order valence-electron chi connectivity index (χ1n) is 9.16. The van der Waals surface area contributed by atoms with Crippen LogP contribution in [0.15, 0.2) is 0 Å². The summed E-state index contributed by atoms with van der Waals surface area (Å²) in [5.74, 6) is 3.09. The summed E-state index contributed by atoms with van der Waals surface area (Å²) in [6, 6.07) is 0.793. The minimum Gasteiger partial charge on any atom is -0.353 e. The van der Waals surface area contributed by atoms with Gasteiger partial charge >= 0.3 is 0 Å². The highest BCUT2D eigenvalue weighted by atomic mass is 16.1. The molecular weight excluding hydrogens is 260 g/mol. The lowest BCUT2D eigenvalue weighted by Gasteiger charge is -2.45. The van der Waals surface area contributed by atoms with E-state index in [4.69, 9.17) is 5.73 Å². The van der Waals surface area contributed by atoms with Crippen molar-refractivity contribution in [1.82, 2.24) is 5.32 Å². The lowest BCUT2D eigenvalue weighted by Crippen LogP contribution is -2.53. The molecule has 3 nitrogen and oxygen atoms in total. The molecular formula is C18H32N2O. The van der Waals surface area contributed by atoms with E-state index in [-0.39, 0.29) is 0 Å². The van der Waals surface area contributed by atoms with Gasteiger partial charge in [-0.15, -0.1) is 0 Å². The van der Waals surface area contributed by atoms with E-state index in [9.17, 15) is 4.79 Å². The van der Waals surface area contributed by atoms with Crippen molar-refractivity contribution in [2.75, 3.05) is 0 Å². The third kappa shape index (κ3) is 3.80. The molecule has 21 heavy (non-hydrogen) atoms. The number of nitrogens with one attached hydrogen (secondary N) is 1. The van der Waals surface area contributed by atoms with Crippen molar-refractivity contribution in [3.05, 3.63) is 0 Å². The predicted molar refractivity (Wildman–Crippen MR) is 85.7 cm³/mol. The lowest BCUT2D eigenvalue weighted by molar-refractivity contribution is -0.124. The first kappa shape index (κ1) is 15.3. The third-order valence-corrected chi connectivity index (χ3v) is 6.31. The van der Waals surface area contributed by atoms with E-state index < -0.39 is 0 Å². The third-order valence-electron chi connectivity index (χ3n) is 6.31. The van der Waals surface area contributed by atoms with Crippen molar-refractivity contribution in [3.8, 4) is 0 Å². The molecule has 1 amide bonds. The van der Waals surface area contributed by atoms with E-state index in [0.29, 0.717) is 35.7 Å². The first-order valence-corrected chi connectivity index (χ1v) is 9.16. The summed E-state index contributed by atoms with van der Waals surface area (Å²) in [4.78, 5) is 12.4. The summed E-state index contributed by atoms with van der Waals surface area (Å²) >= 11 is 0. The maximum absolute atomic E-state index is 12.4. The molecule has 3 aliphatic rings. The highest BCUT2D eigenvalue weighted by Crippen LogP contribution is 2.40. The quantitative estimate of drug-likeness (QED) is 0.839. The number of carbonyl (C=O) groups is 1. The number of amides is 1. The average Bonchev–Trinajstić information content (AvgIpc) is 2.42. The van der Waals surface area contributed by atoms with Crippen LogP contribution in [-0.2, 0) is 4.79 Å². The summed E-state index contributed by atoms with van der Waals surface area (Å²) in [6.45, 7) is 2.34. The summed E-state index contributed by atoms with van der Waals surface area (Å²) in [6.07, 6.45) is 11.9. The highest BCUT2D eigenvalue weighted by Gasteiger charge is 2.40. The summed E-state index contributed by atoms with van der Waals surface area (Å²) in [7, 11) is 0. The zero-order chi connectivity index (χ0) is 14.8. The van der Waals surface area contributed by atoms with Gasteiger partial charge in [-0.3, -0.25) is 4.79 Å². The SMILES string of the molecule is CC1CCC(CC(=O)NC2C3CCCC2CC(N)C3)CC1. The summed E-state index contributed by atoms with van der Waals surface area (Å²) < 4.78 is 0. The Bertz CT molecular complexity index is 348. The molecule has 3 saturated carbocycles. The maximum atomic E-state index is 12.4. The topological polar surface area (TPSA) is 55.1 Å². The lowest BCUT2D eigenvalue weighted by atomic mass is 9.67. The Balaban J connectivity index is 1.50. The van der Waals surface area contributed by atoms with Gasteiger partial charge in [0.25, 0.3) is 0 Å². The standard InChI is InChI=1S/C18H32N2O/c1-12-5-7-13(8-6-12)9-17(21)20-18-14-3-2-4-15(18)11-16(19)10-14/h12-16,18H,2-11,19H2,1H3,(H,20,21). The van der Waals surface area contributed by atoms with E-state index in [0.717, 1.165) is 25.2 Å². The van der Waals surface area contributed by atoms with E-state index in [1.54, 1.807) is 0 Å². The Morgan fingerprint density at radius 1 is 1.05 bits per heavy atom. The van der Waals surface area contributed by atoms with Crippen molar-refractivity contribution in [2.24, 2.45) is 29.4 Å². The van der Waals surface area contributed by atoms with Gasteiger partial charge < -0.3 is 11.1 Å². The molecule has 0 aliphatic heterocycles. The van der Waals surface area contributed by atoms with Crippen LogP contribution >= 0.6 is 0 Å². The molecule has 0 aromatic rings. The normalized spacial score (nSPS) is 43.3. The first-order chi connectivity index (χ1) is 10.1. The number of fused-ring (bicyclic) bond motifs is 2. The van der Waals surface area contributed by atoms with Crippen LogP contribution in [0.3, 0.4) is 0 Å². The predicted octanol–water partition coefficient (Wildman–Crippen LogP) is 3.23. The van der Waals surface area contributed by atoms with E-state index in [1.807, 2.05) is 0 Å². The van der Waals surface area contributed by atoms with Crippen LogP contribution in [0.25, 0.3) is 0 Å². The van der Waals surface area contributed by atoms with Gasteiger partial charge in [0, 0.05) is 18.5 Å². The van der Waals surface area contributed by atoms with Gasteiger partial charge in [0.15, 0.2) is 0 Å². The van der Waals surface area contributed by atoms with Crippen LogP contribution in [0.1, 0.15) is 71.1 Å². The molecule has 0 aromatic heterocycles. The zero-order valence-electron chi connectivity index (χ0n) is 13.5. The Hall–Kier alpha value is -0.570. The van der Waals surface area contributed by atoms with Crippen LogP contribution in [0.4, 0.5) is 0 Å². The second kappa shape index (κ2) is 6.68. The second-order valence-corrected chi connectivity index (χ2v) is 8.11. The largest absolute Gasteiger partial charge is 0.353 e. The maximum Gasteiger partial charge on any atom is 0.220 e. The van der Waals surface area contributed by atoms with Gasteiger partial charge in [0.05, 0.1) is 0 Å². The van der Waals surface area contributed by atoms with E-state index in [1.165, 1.54) is 44.9 Å². The molecule has 0 aromatic carbocycles. The van der Waals surface area contributed by atoms with Gasteiger partial charge in [-0.2, -0.15) is 0 Å². The van der Waals surface area contributed by atoms with Crippen molar-refractivity contribution >= 4 is 5.91 Å². The van der Waals surface area contributed by atoms with Crippen molar-refractivity contribution in [1.29, 1.82) is 0 Å². The Morgan fingerprint density at radius 3 is 2.29 bits per heavy atom. The minimum absolute atomic E-state index is 0.312. The van der Waals surface area contributed by atoms with E-state index >= 15 is 0 Å². The number of hydrogen-bond donors (Lipinski definition) is 2. The molecule has 2 bridgehead atoms. The molecule has 120 valence electrons. The van der Waals surface area contributed by atoms with Gasteiger partial charge in [-0.1, -0.05) is 26.2 Å². The Morgan fingerprint density at radius 2 is 1.67 bits per heavy atom. The van der Waals surface area contributed by atoms with Crippen LogP contribution < -0.4 is 11.1 Å². The molecule has 3 aliphatic carbocycles. The zero-order valence-corrected chi connectivity index (χ0v) is 13.5. The van der Waals surface area contributed by atoms with Gasteiger partial charge in [0.1, 0.15) is 0 Å². The summed E-state index contributed by atoms with van der Waals surface area (Å²) in [5.41, 5.74) is 6.17. The number of hydrogen-bond acceptors (Lipinski definition) is 2. The highest BCUT2D eigenvalue weighted by molar-refractivity contribution is 5.76. The van der Waals surface area contributed by atoms with Crippen LogP contribution in [-0.4, -0.2) is 18.0 Å². The second-order valence-electron chi connectivity index (χ2n) is 8.11. The summed E-state index contributed by atoms with van der Waals surface area (Å²) in [5, 5.41) is 3.41. The number of carbonyl (C=O) groups excluding carboxylic acids is 1. The minimum atomic E-state index is 0.312. The molecule has 0 heterocycles. The molecule has 0 saturated heterocycles. The molecule has 2 atom stereocenters. The fraction of sp³-hybridized carbons (Fsp3) is 0.944. The van der Waals surface area contributed by atoms with Crippen molar-refractivity contribution in [3.63, 3.8) is 0 Å². The van der Waals surface area contributed by atoms with E-state index in [2.05, 4.69) is 12.2 Å². The molecule has 3 heteroatoms. The van der Waals surface area contributed by atoms with Crippen LogP contribution in [0, 0.1) is 23.7 Å². The fourth-order valence-electron chi connectivity index (χ4n) is 5.07. The van der Waals surface area contributed by atoms with Gasteiger partial charge in [-0.25, -0.2) is 0 Å². The van der Waals surface area contributed by atoms with Crippen LogP contribution in [0.2, 0.25) is 0 Å². The molecule has 3 N–H and O–H groups in total. The molecule has 0 spiro atoms. The molecule has 0 radical (unpaired) electrons. The fourth-order valence-corrected chi connectivity index (χ4v) is 5.07. The van der Waals surface area contributed by atoms with Crippen molar-refractivity contribution in [2.45, 2.75) is 83.2 Å². The van der Waals surface area contributed by atoms with Gasteiger partial charge in [-0.05, 0) is 62.2 Å². The molecule has 3 rings (SSSR count). The Kier molecular flexibility index (Phi) is 4.88. The monoisotopic (exact) mass is 292 g/mol. The van der Waals surface area contributed by atoms with Crippen LogP contribution in [0.5, 0.6) is 0 Å². The van der Waals surface area contributed by atoms with Gasteiger partial charge in [0.2, 0.25) is 5.91 Å². The number of rotatable bonds is 3. The number of nitrogens with two attached hydrogens (primary N) is 1.